The number of hydrogen-bond acceptors (Lipinski definition) is 2. The van der Waals surface area contributed by atoms with Crippen molar-refractivity contribution in [1.29, 1.82) is 0 Å². The molecule has 3 nitrogen and oxygen atoms in total. The van der Waals surface area contributed by atoms with Crippen molar-refractivity contribution in [2.75, 3.05) is 7.05 Å². The summed E-state index contributed by atoms with van der Waals surface area (Å²) >= 11 is 0. The predicted molar refractivity (Wildman–Crippen MR) is 66.5 cm³/mol. The van der Waals surface area contributed by atoms with E-state index < -0.39 is 0 Å². The van der Waals surface area contributed by atoms with Crippen LogP contribution in [0.1, 0.15) is 43.9 Å². The lowest BCUT2D eigenvalue weighted by Gasteiger charge is -2.17. The minimum absolute atomic E-state index is 0.698. The number of nitrogens with zero attached hydrogens (tertiary/aromatic N) is 2. The molecule has 0 saturated carbocycles. The van der Waals surface area contributed by atoms with E-state index in [4.69, 9.17) is 4.98 Å². The Morgan fingerprint density at radius 2 is 2.19 bits per heavy atom. The van der Waals surface area contributed by atoms with Gasteiger partial charge in [-0.2, -0.15) is 0 Å². The van der Waals surface area contributed by atoms with Crippen molar-refractivity contribution in [2.24, 2.45) is 5.92 Å². The highest BCUT2D eigenvalue weighted by Gasteiger charge is 2.19. The highest BCUT2D eigenvalue weighted by atomic mass is 15.1. The molecule has 1 N–H and O–H groups in total. The maximum Gasteiger partial charge on any atom is 0.123 e. The minimum atomic E-state index is 0.698. The lowest BCUT2D eigenvalue weighted by molar-refractivity contribution is 0.504. The molecule has 0 bridgehead atoms. The number of fused-ring (bicyclic) bond motifs is 1. The molecule has 0 atom stereocenters. The molecule has 0 saturated heterocycles. The minimum Gasteiger partial charge on any atom is -0.331 e. The van der Waals surface area contributed by atoms with Crippen molar-refractivity contribution in [3.63, 3.8) is 0 Å². The molecule has 1 aromatic rings. The number of nitrogens with one attached hydrogen (secondary N) is 1. The summed E-state index contributed by atoms with van der Waals surface area (Å²) < 4.78 is 2.44. The van der Waals surface area contributed by atoms with Crippen molar-refractivity contribution in [2.45, 2.75) is 52.6 Å². The van der Waals surface area contributed by atoms with Gasteiger partial charge in [-0.1, -0.05) is 13.8 Å². The van der Waals surface area contributed by atoms with E-state index in [0.717, 1.165) is 19.5 Å². The third kappa shape index (κ3) is 2.29. The molecule has 1 aliphatic rings. The second-order valence-electron chi connectivity index (χ2n) is 5.16. The summed E-state index contributed by atoms with van der Waals surface area (Å²) in [6.45, 7) is 6.60. The van der Waals surface area contributed by atoms with Crippen LogP contribution < -0.4 is 5.32 Å². The Kier molecular flexibility index (Phi) is 3.64. The maximum atomic E-state index is 4.82. The molecule has 0 unspecified atom stereocenters. The van der Waals surface area contributed by atoms with Gasteiger partial charge in [0, 0.05) is 12.2 Å². The fourth-order valence-electron chi connectivity index (χ4n) is 2.54. The molecule has 0 amide bonds. The van der Waals surface area contributed by atoms with Crippen LogP contribution >= 0.6 is 0 Å². The normalized spacial score (nSPS) is 15.5. The Morgan fingerprint density at radius 3 is 2.88 bits per heavy atom. The fourth-order valence-corrected chi connectivity index (χ4v) is 2.54. The summed E-state index contributed by atoms with van der Waals surface area (Å²) in [6, 6.07) is 0. The largest absolute Gasteiger partial charge is 0.331 e. The number of rotatable bonds is 4. The first-order valence-corrected chi connectivity index (χ1v) is 6.44. The van der Waals surface area contributed by atoms with Crippen LogP contribution in [0.5, 0.6) is 0 Å². The van der Waals surface area contributed by atoms with E-state index >= 15 is 0 Å². The first-order chi connectivity index (χ1) is 7.72. The number of hydrogen-bond donors (Lipinski definition) is 1. The van der Waals surface area contributed by atoms with Crippen LogP contribution in [0.3, 0.4) is 0 Å². The van der Waals surface area contributed by atoms with Crippen LogP contribution in [0.2, 0.25) is 0 Å². The Morgan fingerprint density at radius 1 is 1.38 bits per heavy atom. The standard InChI is InChI=1S/C13H23N3/c1-10(2)8-11-12-6-4-5-7-16(12)13(15-11)9-14-3/h10,14H,4-9H2,1-3H3. The molecule has 2 rings (SSSR count). The van der Waals surface area contributed by atoms with Crippen molar-refractivity contribution >= 4 is 0 Å². The summed E-state index contributed by atoms with van der Waals surface area (Å²) in [5, 5.41) is 3.22. The van der Waals surface area contributed by atoms with Gasteiger partial charge in [-0.25, -0.2) is 4.98 Å². The van der Waals surface area contributed by atoms with Crippen molar-refractivity contribution in [1.82, 2.24) is 14.9 Å². The third-order valence-corrected chi connectivity index (χ3v) is 3.22. The van der Waals surface area contributed by atoms with Crippen molar-refractivity contribution < 1.29 is 0 Å². The second kappa shape index (κ2) is 5.00. The Labute approximate surface area is 98.3 Å². The van der Waals surface area contributed by atoms with Crippen LogP contribution in [-0.4, -0.2) is 16.6 Å². The molecule has 2 heterocycles. The SMILES string of the molecule is CNCc1nc(CC(C)C)c2n1CCCC2. The van der Waals surface area contributed by atoms with Crippen LogP contribution in [0.15, 0.2) is 0 Å². The van der Waals surface area contributed by atoms with Gasteiger partial charge >= 0.3 is 0 Å². The number of aromatic nitrogens is 2. The third-order valence-electron chi connectivity index (χ3n) is 3.22. The smallest absolute Gasteiger partial charge is 0.123 e. The zero-order valence-corrected chi connectivity index (χ0v) is 10.7. The van der Waals surface area contributed by atoms with E-state index in [-0.39, 0.29) is 0 Å². The zero-order chi connectivity index (χ0) is 11.5. The molecule has 0 fully saturated rings. The van der Waals surface area contributed by atoms with Gasteiger partial charge < -0.3 is 9.88 Å². The molecule has 1 aromatic heterocycles. The molecule has 0 radical (unpaired) electrons. The van der Waals surface area contributed by atoms with Crippen LogP contribution in [0.25, 0.3) is 0 Å². The molecular formula is C13H23N3. The topological polar surface area (TPSA) is 29.9 Å². The highest BCUT2D eigenvalue weighted by molar-refractivity contribution is 5.20. The Balaban J connectivity index is 2.30. The van der Waals surface area contributed by atoms with Crippen LogP contribution in [-0.2, 0) is 25.9 Å². The molecule has 3 heteroatoms. The fraction of sp³-hybridized carbons (Fsp3) is 0.769. The van der Waals surface area contributed by atoms with E-state index in [1.54, 1.807) is 0 Å². The monoisotopic (exact) mass is 221 g/mol. The van der Waals surface area contributed by atoms with E-state index in [1.165, 1.54) is 36.5 Å². The van der Waals surface area contributed by atoms with E-state index in [2.05, 4.69) is 23.7 Å². The lowest BCUT2D eigenvalue weighted by atomic mass is 10.0. The van der Waals surface area contributed by atoms with E-state index in [9.17, 15) is 0 Å². The molecule has 1 aliphatic heterocycles. The molecular weight excluding hydrogens is 198 g/mol. The van der Waals surface area contributed by atoms with Gasteiger partial charge in [0.25, 0.3) is 0 Å². The number of imidazole rings is 1. The van der Waals surface area contributed by atoms with Crippen molar-refractivity contribution in [3.8, 4) is 0 Å². The van der Waals surface area contributed by atoms with E-state index in [1.807, 2.05) is 7.05 Å². The van der Waals surface area contributed by atoms with Crippen molar-refractivity contribution in [3.05, 3.63) is 17.2 Å². The Bertz CT molecular complexity index is 352. The first kappa shape index (κ1) is 11.6. The molecule has 0 spiro atoms. The summed E-state index contributed by atoms with van der Waals surface area (Å²) in [5.74, 6) is 1.93. The van der Waals surface area contributed by atoms with Crippen LogP contribution in [0.4, 0.5) is 0 Å². The van der Waals surface area contributed by atoms with Gasteiger partial charge in [0.2, 0.25) is 0 Å². The zero-order valence-electron chi connectivity index (χ0n) is 10.7. The first-order valence-electron chi connectivity index (χ1n) is 6.44. The summed E-state index contributed by atoms with van der Waals surface area (Å²) in [7, 11) is 1.99. The van der Waals surface area contributed by atoms with Gasteiger partial charge in [-0.15, -0.1) is 0 Å². The maximum absolute atomic E-state index is 4.82. The highest BCUT2D eigenvalue weighted by Crippen LogP contribution is 2.22. The molecule has 0 aromatic carbocycles. The second-order valence-corrected chi connectivity index (χ2v) is 5.16. The van der Waals surface area contributed by atoms with E-state index in [0.29, 0.717) is 5.92 Å². The summed E-state index contributed by atoms with van der Waals surface area (Å²) in [6.07, 6.45) is 4.98. The van der Waals surface area contributed by atoms with Gasteiger partial charge in [0.15, 0.2) is 0 Å². The van der Waals surface area contributed by atoms with Gasteiger partial charge in [-0.05, 0) is 38.6 Å². The average Bonchev–Trinajstić information content (AvgIpc) is 2.58. The predicted octanol–water partition coefficient (Wildman–Crippen LogP) is 2.14. The summed E-state index contributed by atoms with van der Waals surface area (Å²) in [4.78, 5) is 4.82. The lowest BCUT2D eigenvalue weighted by Crippen LogP contribution is -2.17. The van der Waals surface area contributed by atoms with Gasteiger partial charge in [0.1, 0.15) is 5.82 Å². The average molecular weight is 221 g/mol. The molecule has 90 valence electrons. The Hall–Kier alpha value is -0.830. The molecule has 16 heavy (non-hydrogen) atoms. The van der Waals surface area contributed by atoms with Gasteiger partial charge in [0.05, 0.1) is 12.2 Å². The van der Waals surface area contributed by atoms with Crippen LogP contribution in [0, 0.1) is 5.92 Å². The summed E-state index contributed by atoms with van der Waals surface area (Å²) in [5.41, 5.74) is 2.85. The van der Waals surface area contributed by atoms with Gasteiger partial charge in [-0.3, -0.25) is 0 Å². The quantitative estimate of drug-likeness (QED) is 0.844. The molecule has 0 aliphatic carbocycles.